The number of amides is 1. The molecule has 0 saturated carbocycles. The summed E-state index contributed by atoms with van der Waals surface area (Å²) in [7, 11) is 0. The number of carbonyl (C=O) groups excluding carboxylic acids is 1. The molecule has 4 aromatic carbocycles. The summed E-state index contributed by atoms with van der Waals surface area (Å²) >= 11 is -4.04. The quantitative estimate of drug-likeness (QED) is 0.269. The molecule has 0 fully saturated rings. The summed E-state index contributed by atoms with van der Waals surface area (Å²) in [6.07, 6.45) is 2.00. The summed E-state index contributed by atoms with van der Waals surface area (Å²) in [6, 6.07) is 41.8. The first-order chi connectivity index (χ1) is 15.3. The zero-order valence-corrected chi connectivity index (χ0v) is 20.2. The van der Waals surface area contributed by atoms with Gasteiger partial charge in [0, 0.05) is 0 Å². The second-order valence-corrected chi connectivity index (χ2v) is 17.6. The van der Waals surface area contributed by atoms with Crippen LogP contribution in [0.4, 0.5) is 5.69 Å². The molecule has 0 aromatic heterocycles. The third-order valence-corrected chi connectivity index (χ3v) is 18.9. The average Bonchev–Trinajstić information content (AvgIpc) is 2.85. The topological polar surface area (TPSA) is 20.3 Å². The molecule has 0 atom stereocenters. The third-order valence-electron chi connectivity index (χ3n) is 5.49. The van der Waals surface area contributed by atoms with Crippen molar-refractivity contribution in [1.82, 2.24) is 0 Å². The Morgan fingerprint density at radius 3 is 1.35 bits per heavy atom. The van der Waals surface area contributed by atoms with Gasteiger partial charge in [-0.05, 0) is 0 Å². The number of benzene rings is 4. The molecule has 0 aliphatic carbocycles. The van der Waals surface area contributed by atoms with Gasteiger partial charge in [-0.3, -0.25) is 0 Å². The van der Waals surface area contributed by atoms with Gasteiger partial charge in [0.2, 0.25) is 0 Å². The van der Waals surface area contributed by atoms with Gasteiger partial charge in [-0.1, -0.05) is 0 Å². The number of para-hydroxylation sites is 1. The van der Waals surface area contributed by atoms with Crippen LogP contribution < -0.4 is 13.9 Å². The molecule has 0 bridgehead atoms. The number of hydrogen-bond acceptors (Lipinski definition) is 1. The molecule has 2 nitrogen and oxygen atoms in total. The summed E-state index contributed by atoms with van der Waals surface area (Å²) in [5.74, 6) is 0.0774. The van der Waals surface area contributed by atoms with Gasteiger partial charge < -0.3 is 0 Å². The first kappa shape index (κ1) is 21.1. The van der Waals surface area contributed by atoms with E-state index in [0.29, 0.717) is 6.42 Å². The maximum atomic E-state index is 13.8. The van der Waals surface area contributed by atoms with E-state index >= 15 is 0 Å². The normalized spacial score (nSPS) is 11.0. The Bertz CT molecular complexity index is 1030. The monoisotopic (exact) mass is 511 g/mol. The second kappa shape index (κ2) is 9.80. The number of anilines is 1. The fourth-order valence-corrected chi connectivity index (χ4v) is 17.9. The zero-order chi connectivity index (χ0) is 21.5. The molecule has 4 aromatic rings. The van der Waals surface area contributed by atoms with Gasteiger partial charge in [-0.15, -0.1) is 0 Å². The Kier molecular flexibility index (Phi) is 6.68. The van der Waals surface area contributed by atoms with E-state index in [1.165, 1.54) is 10.7 Å². The van der Waals surface area contributed by atoms with E-state index in [-0.39, 0.29) is 5.91 Å². The van der Waals surface area contributed by atoms with E-state index in [9.17, 15) is 4.79 Å². The van der Waals surface area contributed by atoms with Crippen molar-refractivity contribution in [3.8, 4) is 0 Å². The molecular formula is C28H25NOSn. The van der Waals surface area contributed by atoms with E-state index in [1.807, 2.05) is 48.5 Å². The van der Waals surface area contributed by atoms with Crippen LogP contribution >= 0.6 is 0 Å². The SMILES string of the molecule is C=CCC(=O)[N](c1ccccc1)[Sn]([c]1ccccc1)([c]1ccccc1)[c]1ccccc1. The number of hydrogen-bond donors (Lipinski definition) is 0. The number of carbonyl (C=O) groups is 1. The molecule has 0 unspecified atom stereocenters. The van der Waals surface area contributed by atoms with Crippen molar-refractivity contribution >= 4 is 41.0 Å². The Morgan fingerprint density at radius 1 is 0.645 bits per heavy atom. The van der Waals surface area contributed by atoms with Crippen molar-refractivity contribution in [1.29, 1.82) is 0 Å². The minimum atomic E-state index is -4.04. The van der Waals surface area contributed by atoms with E-state index in [1.54, 1.807) is 6.08 Å². The molecule has 0 heterocycles. The van der Waals surface area contributed by atoms with Crippen LogP contribution in [0, 0.1) is 0 Å². The van der Waals surface area contributed by atoms with Gasteiger partial charge in [0.05, 0.1) is 0 Å². The van der Waals surface area contributed by atoms with Gasteiger partial charge in [-0.2, -0.15) is 0 Å². The first-order valence-electron chi connectivity index (χ1n) is 10.4. The zero-order valence-electron chi connectivity index (χ0n) is 17.4. The van der Waals surface area contributed by atoms with Crippen LogP contribution in [-0.2, 0) is 4.79 Å². The van der Waals surface area contributed by atoms with E-state index in [0.717, 1.165) is 5.69 Å². The molecular weight excluding hydrogens is 485 g/mol. The fraction of sp³-hybridized carbons (Fsp3) is 0.0357. The van der Waals surface area contributed by atoms with E-state index < -0.39 is 18.7 Å². The Balaban J connectivity index is 2.14. The van der Waals surface area contributed by atoms with Crippen LogP contribution in [0.3, 0.4) is 0 Å². The van der Waals surface area contributed by atoms with Crippen LogP contribution in [0.15, 0.2) is 134 Å². The van der Waals surface area contributed by atoms with Crippen LogP contribution in [0.5, 0.6) is 0 Å². The molecule has 0 aliphatic heterocycles. The first-order valence-corrected chi connectivity index (χ1v) is 16.0. The molecule has 0 saturated heterocycles. The third kappa shape index (κ3) is 4.08. The molecule has 0 radical (unpaired) electrons. The van der Waals surface area contributed by atoms with Gasteiger partial charge >= 0.3 is 189 Å². The van der Waals surface area contributed by atoms with Crippen LogP contribution in [0.1, 0.15) is 6.42 Å². The summed E-state index contributed by atoms with van der Waals surface area (Å²) in [6.45, 7) is 3.85. The molecule has 4 rings (SSSR count). The molecule has 0 N–H and O–H groups in total. The van der Waals surface area contributed by atoms with Crippen LogP contribution in [0.2, 0.25) is 0 Å². The Labute approximate surface area is 188 Å². The second-order valence-electron chi connectivity index (χ2n) is 7.37. The molecule has 31 heavy (non-hydrogen) atoms. The minimum absolute atomic E-state index is 0.0774. The van der Waals surface area contributed by atoms with Crippen LogP contribution in [0.25, 0.3) is 0 Å². The Hall–Kier alpha value is -3.11. The number of nitrogens with zero attached hydrogens (tertiary/aromatic N) is 1. The average molecular weight is 510 g/mol. The van der Waals surface area contributed by atoms with Crippen molar-refractivity contribution < 1.29 is 4.79 Å². The molecule has 1 amide bonds. The van der Waals surface area contributed by atoms with Gasteiger partial charge in [-0.25, -0.2) is 0 Å². The van der Waals surface area contributed by atoms with E-state index in [2.05, 4.69) is 82.5 Å². The van der Waals surface area contributed by atoms with Gasteiger partial charge in [0.15, 0.2) is 0 Å². The maximum absolute atomic E-state index is 13.8. The van der Waals surface area contributed by atoms with E-state index in [4.69, 9.17) is 0 Å². The van der Waals surface area contributed by atoms with Gasteiger partial charge in [0.1, 0.15) is 0 Å². The predicted molar refractivity (Wildman–Crippen MR) is 133 cm³/mol. The van der Waals surface area contributed by atoms with Crippen molar-refractivity contribution in [2.75, 3.05) is 3.12 Å². The summed E-state index contributed by atoms with van der Waals surface area (Å²) in [5.41, 5.74) is 0.932. The molecule has 0 aliphatic rings. The van der Waals surface area contributed by atoms with Crippen molar-refractivity contribution in [2.45, 2.75) is 6.42 Å². The van der Waals surface area contributed by atoms with Gasteiger partial charge in [0.25, 0.3) is 0 Å². The standard InChI is InChI=1S/C10H11NO.3C6H5.Sn/c1-2-6-10(12)11-9-7-4-3-5-8-9;3*1-2-4-6-5-3-1;/h2-5,7-8H,1,6H2,(H,11,12);3*1-5H;/q;;;;+1/p-1. The van der Waals surface area contributed by atoms with Crippen molar-refractivity contribution in [2.24, 2.45) is 0 Å². The van der Waals surface area contributed by atoms with Crippen molar-refractivity contribution in [3.05, 3.63) is 134 Å². The van der Waals surface area contributed by atoms with Crippen LogP contribution in [-0.4, -0.2) is 24.6 Å². The Morgan fingerprint density at radius 2 is 1.00 bits per heavy atom. The molecule has 0 spiro atoms. The summed E-state index contributed by atoms with van der Waals surface area (Å²) in [5, 5.41) is 0. The predicted octanol–water partition coefficient (Wildman–Crippen LogP) is 4.26. The van der Waals surface area contributed by atoms with Crippen molar-refractivity contribution in [3.63, 3.8) is 0 Å². The fourth-order valence-electron chi connectivity index (χ4n) is 4.24. The molecule has 3 heteroatoms. The number of rotatable bonds is 7. The summed E-state index contributed by atoms with van der Waals surface area (Å²) in [4.78, 5) is 13.8. The summed E-state index contributed by atoms with van der Waals surface area (Å²) < 4.78 is 5.83. The molecule has 152 valence electrons.